The molecule has 0 fully saturated rings. The van der Waals surface area contributed by atoms with E-state index in [0.29, 0.717) is 23.9 Å². The molecule has 2 aromatic rings. The largest absolute Gasteiger partial charge is 0.488 e. The summed E-state index contributed by atoms with van der Waals surface area (Å²) in [5.74, 6) is 0.999. The fraction of sp³-hybridized carbons (Fsp3) is 0.286. The highest BCUT2D eigenvalue weighted by Gasteiger charge is 2.08. The molecule has 0 atom stereocenters. The second-order valence-electron chi connectivity index (χ2n) is 4.32. The second kappa shape index (κ2) is 6.04. The van der Waals surface area contributed by atoms with E-state index in [1.54, 1.807) is 6.92 Å². The number of ether oxygens (including phenoxy) is 1. The lowest BCUT2D eigenvalue weighted by atomic mass is 10.1. The monoisotopic (exact) mass is 258 g/mol. The van der Waals surface area contributed by atoms with Crippen molar-refractivity contribution in [2.75, 3.05) is 18.1 Å². The number of hydrogen-bond acceptors (Lipinski definition) is 5. The van der Waals surface area contributed by atoms with Crippen LogP contribution in [0, 0.1) is 6.92 Å². The molecular formula is C14H18N4O. The third kappa shape index (κ3) is 3.58. The first-order chi connectivity index (χ1) is 9.16. The molecule has 0 aliphatic heterocycles. The summed E-state index contributed by atoms with van der Waals surface area (Å²) in [4.78, 5) is 7.92. The first kappa shape index (κ1) is 13.1. The summed E-state index contributed by atoms with van der Waals surface area (Å²) in [5, 5.41) is 0. The molecule has 0 aliphatic carbocycles. The van der Waals surface area contributed by atoms with Gasteiger partial charge in [-0.25, -0.2) is 4.98 Å². The van der Waals surface area contributed by atoms with Crippen molar-refractivity contribution in [2.45, 2.75) is 19.8 Å². The molecule has 1 aromatic heterocycles. The summed E-state index contributed by atoms with van der Waals surface area (Å²) in [6.45, 7) is 2.38. The molecule has 1 heterocycles. The van der Waals surface area contributed by atoms with Crippen LogP contribution < -0.4 is 16.2 Å². The van der Waals surface area contributed by atoms with Gasteiger partial charge in [-0.15, -0.1) is 0 Å². The minimum absolute atomic E-state index is 0.173. The molecule has 0 saturated carbocycles. The zero-order valence-corrected chi connectivity index (χ0v) is 11.0. The molecule has 0 bridgehead atoms. The molecule has 100 valence electrons. The van der Waals surface area contributed by atoms with Gasteiger partial charge in [-0.1, -0.05) is 30.3 Å². The topological polar surface area (TPSA) is 87.0 Å². The summed E-state index contributed by atoms with van der Waals surface area (Å²) in [5.41, 5.74) is 13.2. The van der Waals surface area contributed by atoms with Crippen molar-refractivity contribution in [1.82, 2.24) is 9.97 Å². The Morgan fingerprint density at radius 2 is 1.84 bits per heavy atom. The van der Waals surface area contributed by atoms with Crippen LogP contribution in [0.2, 0.25) is 0 Å². The number of hydrogen-bond donors (Lipinski definition) is 2. The highest BCUT2D eigenvalue weighted by molar-refractivity contribution is 5.51. The Balaban J connectivity index is 1.86. The van der Waals surface area contributed by atoms with Crippen LogP contribution in [-0.4, -0.2) is 16.6 Å². The Morgan fingerprint density at radius 3 is 2.53 bits per heavy atom. The van der Waals surface area contributed by atoms with Crippen molar-refractivity contribution in [3.63, 3.8) is 0 Å². The Labute approximate surface area is 112 Å². The quantitative estimate of drug-likeness (QED) is 0.800. The Bertz CT molecular complexity index is 519. The lowest BCUT2D eigenvalue weighted by Crippen LogP contribution is -2.08. The molecule has 0 aliphatic rings. The van der Waals surface area contributed by atoms with Crippen LogP contribution in [-0.2, 0) is 6.42 Å². The van der Waals surface area contributed by atoms with Gasteiger partial charge in [0.15, 0.2) is 11.6 Å². The molecule has 5 heteroatoms. The van der Waals surface area contributed by atoms with E-state index < -0.39 is 0 Å². The summed E-state index contributed by atoms with van der Waals surface area (Å²) in [7, 11) is 0. The summed E-state index contributed by atoms with van der Waals surface area (Å²) >= 11 is 0. The minimum Gasteiger partial charge on any atom is -0.488 e. The highest BCUT2D eigenvalue weighted by Crippen LogP contribution is 2.23. The standard InChI is InChI=1S/C14H18N4O/c1-10-12(13(15)18-14(16)17-10)19-9-5-8-11-6-3-2-4-7-11/h2-4,6-7H,5,8-9H2,1H3,(H4,15,16,17,18). The molecule has 19 heavy (non-hydrogen) atoms. The number of anilines is 2. The number of aryl methyl sites for hydroxylation is 2. The smallest absolute Gasteiger partial charge is 0.222 e. The molecule has 1 aromatic carbocycles. The van der Waals surface area contributed by atoms with E-state index in [1.807, 2.05) is 18.2 Å². The van der Waals surface area contributed by atoms with Gasteiger partial charge < -0.3 is 16.2 Å². The third-order valence-corrected chi connectivity index (χ3v) is 2.78. The van der Waals surface area contributed by atoms with Crippen LogP contribution in [0.5, 0.6) is 5.75 Å². The maximum atomic E-state index is 5.76. The zero-order valence-electron chi connectivity index (χ0n) is 11.0. The van der Waals surface area contributed by atoms with Gasteiger partial charge in [0.2, 0.25) is 5.95 Å². The minimum atomic E-state index is 0.173. The lowest BCUT2D eigenvalue weighted by Gasteiger charge is -2.10. The SMILES string of the molecule is Cc1nc(N)nc(N)c1OCCCc1ccccc1. The maximum absolute atomic E-state index is 5.76. The van der Waals surface area contributed by atoms with Crippen molar-refractivity contribution in [3.05, 3.63) is 41.6 Å². The van der Waals surface area contributed by atoms with Gasteiger partial charge in [0, 0.05) is 0 Å². The van der Waals surface area contributed by atoms with Crippen LogP contribution in [0.25, 0.3) is 0 Å². The molecule has 0 spiro atoms. The molecule has 0 unspecified atom stereocenters. The van der Waals surface area contributed by atoms with E-state index in [9.17, 15) is 0 Å². The van der Waals surface area contributed by atoms with E-state index in [4.69, 9.17) is 16.2 Å². The fourth-order valence-corrected chi connectivity index (χ4v) is 1.88. The second-order valence-corrected chi connectivity index (χ2v) is 4.32. The molecular weight excluding hydrogens is 240 g/mol. The van der Waals surface area contributed by atoms with Crippen LogP contribution in [0.15, 0.2) is 30.3 Å². The van der Waals surface area contributed by atoms with Crippen molar-refractivity contribution in [1.29, 1.82) is 0 Å². The number of aromatic nitrogens is 2. The predicted molar refractivity (Wildman–Crippen MR) is 75.9 cm³/mol. The Hall–Kier alpha value is -2.30. The number of nitrogens with zero attached hydrogens (tertiary/aromatic N) is 2. The maximum Gasteiger partial charge on any atom is 0.222 e. The summed E-state index contributed by atoms with van der Waals surface area (Å²) in [6.07, 6.45) is 1.88. The van der Waals surface area contributed by atoms with Crippen LogP contribution in [0.4, 0.5) is 11.8 Å². The average molecular weight is 258 g/mol. The number of nitrogen functional groups attached to an aromatic ring is 2. The number of benzene rings is 1. The molecule has 0 amide bonds. The van der Waals surface area contributed by atoms with Crippen molar-refractivity contribution >= 4 is 11.8 Å². The molecule has 4 N–H and O–H groups in total. The van der Waals surface area contributed by atoms with Gasteiger partial charge in [0.1, 0.15) is 0 Å². The Kier molecular flexibility index (Phi) is 4.18. The fourth-order valence-electron chi connectivity index (χ4n) is 1.88. The number of nitrogens with two attached hydrogens (primary N) is 2. The van der Waals surface area contributed by atoms with E-state index in [2.05, 4.69) is 22.1 Å². The molecule has 5 nitrogen and oxygen atoms in total. The van der Waals surface area contributed by atoms with Crippen molar-refractivity contribution < 1.29 is 4.74 Å². The predicted octanol–water partition coefficient (Wildman–Crippen LogP) is 1.96. The third-order valence-electron chi connectivity index (χ3n) is 2.78. The van der Waals surface area contributed by atoms with E-state index in [1.165, 1.54) is 5.56 Å². The van der Waals surface area contributed by atoms with Crippen LogP contribution in [0.3, 0.4) is 0 Å². The van der Waals surface area contributed by atoms with Crippen LogP contribution in [0.1, 0.15) is 17.7 Å². The number of rotatable bonds is 5. The van der Waals surface area contributed by atoms with Crippen molar-refractivity contribution in [2.24, 2.45) is 0 Å². The average Bonchev–Trinajstić information content (AvgIpc) is 2.38. The first-order valence-corrected chi connectivity index (χ1v) is 6.23. The van der Waals surface area contributed by atoms with Gasteiger partial charge in [-0.05, 0) is 25.3 Å². The van der Waals surface area contributed by atoms with E-state index >= 15 is 0 Å². The normalized spacial score (nSPS) is 10.4. The van der Waals surface area contributed by atoms with Gasteiger partial charge in [0.25, 0.3) is 0 Å². The van der Waals surface area contributed by atoms with Gasteiger partial charge >= 0.3 is 0 Å². The van der Waals surface area contributed by atoms with Gasteiger partial charge in [-0.2, -0.15) is 4.98 Å². The Morgan fingerprint density at radius 1 is 1.11 bits per heavy atom. The zero-order chi connectivity index (χ0) is 13.7. The van der Waals surface area contributed by atoms with Crippen LogP contribution >= 0.6 is 0 Å². The lowest BCUT2D eigenvalue weighted by molar-refractivity contribution is 0.308. The van der Waals surface area contributed by atoms with E-state index in [-0.39, 0.29) is 5.95 Å². The van der Waals surface area contributed by atoms with Crippen molar-refractivity contribution in [3.8, 4) is 5.75 Å². The van der Waals surface area contributed by atoms with Gasteiger partial charge in [0.05, 0.1) is 12.3 Å². The van der Waals surface area contributed by atoms with E-state index in [0.717, 1.165) is 12.8 Å². The molecule has 0 radical (unpaired) electrons. The summed E-state index contributed by atoms with van der Waals surface area (Å²) < 4.78 is 5.64. The molecule has 2 rings (SSSR count). The summed E-state index contributed by atoms with van der Waals surface area (Å²) in [6, 6.07) is 10.3. The molecule has 0 saturated heterocycles. The first-order valence-electron chi connectivity index (χ1n) is 6.23. The highest BCUT2D eigenvalue weighted by atomic mass is 16.5. The van der Waals surface area contributed by atoms with Gasteiger partial charge in [-0.3, -0.25) is 0 Å².